The average Bonchev–Trinajstić information content (AvgIpc) is 3.59. The number of nitrogens with zero attached hydrogens (tertiary/aromatic N) is 2. The number of esters is 1. The molecule has 1 aliphatic rings. The van der Waals surface area contributed by atoms with E-state index in [-0.39, 0.29) is 21.3 Å². The summed E-state index contributed by atoms with van der Waals surface area (Å²) in [5.41, 5.74) is 3.14. The third-order valence-corrected chi connectivity index (χ3v) is 8.99. The normalized spacial score (nSPS) is 15.5. The smallest absolute Gasteiger partial charge is 0.350 e. The van der Waals surface area contributed by atoms with Crippen LogP contribution in [0.15, 0.2) is 72.3 Å². The van der Waals surface area contributed by atoms with Crippen LogP contribution in [0.1, 0.15) is 63.4 Å². The highest BCUT2D eigenvalue weighted by molar-refractivity contribution is 7.17. The van der Waals surface area contributed by atoms with Crippen molar-refractivity contribution in [3.05, 3.63) is 105 Å². The van der Waals surface area contributed by atoms with Gasteiger partial charge in [0.2, 0.25) is 0 Å². The van der Waals surface area contributed by atoms with Crippen molar-refractivity contribution in [3.63, 3.8) is 0 Å². The topological polar surface area (TPSA) is 124 Å². The maximum atomic E-state index is 13.7. The number of ether oxygens (including phenoxy) is 4. The van der Waals surface area contributed by atoms with Gasteiger partial charge in [-0.1, -0.05) is 55.0 Å². The Bertz CT molecular complexity index is 1830. The molecule has 1 unspecified atom stereocenters. The quantitative estimate of drug-likeness (QED) is 0.0568. The maximum absolute atomic E-state index is 13.7. The number of carbonyl (C=O) groups is 3. The highest BCUT2D eigenvalue weighted by Crippen LogP contribution is 2.45. The van der Waals surface area contributed by atoms with Crippen molar-refractivity contribution in [2.75, 3.05) is 25.7 Å². The second-order valence-electron chi connectivity index (χ2n) is 10.9. The molecule has 1 atom stereocenters. The Morgan fingerprint density at radius 3 is 2.40 bits per heavy atom. The number of benzene rings is 3. The van der Waals surface area contributed by atoms with Gasteiger partial charge in [0.1, 0.15) is 23.0 Å². The van der Waals surface area contributed by atoms with Crippen molar-refractivity contribution >= 4 is 39.9 Å². The lowest BCUT2D eigenvalue weighted by molar-refractivity contribution is -0.132. The van der Waals surface area contributed by atoms with Crippen molar-refractivity contribution in [2.45, 2.75) is 46.3 Å². The minimum atomic E-state index is -1.10. The first-order valence-electron chi connectivity index (χ1n) is 15.1. The van der Waals surface area contributed by atoms with E-state index in [0.717, 1.165) is 35.3 Å². The van der Waals surface area contributed by atoms with Crippen LogP contribution >= 0.6 is 11.3 Å². The summed E-state index contributed by atoms with van der Waals surface area (Å²) in [6, 6.07) is 18.5. The summed E-state index contributed by atoms with van der Waals surface area (Å²) >= 11 is 0.927. The molecule has 5 rings (SSSR count). The predicted octanol–water partition coefficient (Wildman–Crippen LogP) is 6.94. The molecule has 11 heteroatoms. The molecule has 1 amide bonds. The van der Waals surface area contributed by atoms with E-state index in [9.17, 15) is 19.5 Å². The van der Waals surface area contributed by atoms with Crippen LogP contribution in [0.4, 0.5) is 5.13 Å². The van der Waals surface area contributed by atoms with Crippen LogP contribution in [0.3, 0.4) is 0 Å². The molecule has 2 heterocycles. The third kappa shape index (κ3) is 6.85. The number of methoxy groups -OCH3 is 2. The number of thiazole rings is 1. The first-order chi connectivity index (χ1) is 22.7. The largest absolute Gasteiger partial charge is 0.507 e. The van der Waals surface area contributed by atoms with E-state index in [0.29, 0.717) is 47.3 Å². The molecule has 47 heavy (non-hydrogen) atoms. The fourth-order valence-corrected chi connectivity index (χ4v) is 6.22. The maximum Gasteiger partial charge on any atom is 0.350 e. The van der Waals surface area contributed by atoms with Crippen LogP contribution in [-0.4, -0.2) is 48.6 Å². The zero-order valence-electron chi connectivity index (χ0n) is 26.9. The molecule has 0 spiro atoms. The Labute approximate surface area is 277 Å². The lowest BCUT2D eigenvalue weighted by Crippen LogP contribution is -2.29. The number of aliphatic hydroxyl groups excluding tert-OH is 1. The standard InChI is InChI=1S/C36H36N2O8S/c1-6-7-18-45-27-17-14-24(19-28(27)43-4)30-29(32(40)34(41)38(30)36-37-22(3)33(47-36)35(42)44-5)31(39)23-12-15-26(16-13-23)46-20-25-11-9-8-10-21(25)2/h8-17,19,30,39H,6-7,18,20H2,1-5H3. The van der Waals surface area contributed by atoms with Gasteiger partial charge >= 0.3 is 11.9 Å². The van der Waals surface area contributed by atoms with Gasteiger partial charge in [0, 0.05) is 5.56 Å². The molecular formula is C36H36N2O8S. The molecule has 0 aliphatic carbocycles. The van der Waals surface area contributed by atoms with Gasteiger partial charge in [-0.2, -0.15) is 0 Å². The Morgan fingerprint density at radius 1 is 0.979 bits per heavy atom. The molecule has 10 nitrogen and oxygen atoms in total. The average molecular weight is 657 g/mol. The van der Waals surface area contributed by atoms with Gasteiger partial charge in [-0.3, -0.25) is 14.5 Å². The van der Waals surface area contributed by atoms with Gasteiger partial charge < -0.3 is 24.1 Å². The third-order valence-electron chi connectivity index (χ3n) is 7.85. The van der Waals surface area contributed by atoms with Crippen molar-refractivity contribution in [1.29, 1.82) is 0 Å². The molecule has 1 fully saturated rings. The van der Waals surface area contributed by atoms with E-state index in [1.54, 1.807) is 49.4 Å². The number of anilines is 1. The lowest BCUT2D eigenvalue weighted by atomic mass is 9.95. The molecule has 244 valence electrons. The fourth-order valence-electron chi connectivity index (χ4n) is 5.21. The van der Waals surface area contributed by atoms with Crippen LogP contribution in [0.2, 0.25) is 0 Å². The van der Waals surface area contributed by atoms with Gasteiger partial charge in [0.15, 0.2) is 16.6 Å². The van der Waals surface area contributed by atoms with Gasteiger partial charge in [-0.05, 0) is 73.4 Å². The van der Waals surface area contributed by atoms with Crippen LogP contribution in [0.25, 0.3) is 5.76 Å². The summed E-state index contributed by atoms with van der Waals surface area (Å²) in [6.07, 6.45) is 1.81. The number of ketones is 1. The number of hydrogen-bond donors (Lipinski definition) is 1. The van der Waals surface area contributed by atoms with Crippen molar-refractivity contribution < 1.29 is 38.4 Å². The summed E-state index contributed by atoms with van der Waals surface area (Å²) in [6.45, 7) is 6.54. The highest BCUT2D eigenvalue weighted by atomic mass is 32.1. The van der Waals surface area contributed by atoms with Gasteiger partial charge in [0.05, 0.1) is 38.1 Å². The fraction of sp³-hybridized carbons (Fsp3) is 0.278. The van der Waals surface area contributed by atoms with E-state index in [2.05, 4.69) is 11.9 Å². The SMILES string of the molecule is CCCCOc1ccc(C2C(=C(O)c3ccc(OCc4ccccc4C)cc3)C(=O)C(=O)N2c2nc(C)c(C(=O)OC)s2)cc1OC. The Hall–Kier alpha value is -5.16. The number of Topliss-reactive ketones (excluding diaryl/α,β-unsaturated/α-hetero) is 1. The van der Waals surface area contributed by atoms with Crippen LogP contribution in [0, 0.1) is 13.8 Å². The minimum Gasteiger partial charge on any atom is -0.507 e. The minimum absolute atomic E-state index is 0.108. The molecule has 1 N–H and O–H groups in total. The summed E-state index contributed by atoms with van der Waals surface area (Å²) in [7, 11) is 2.75. The Kier molecular flexibility index (Phi) is 10.3. The van der Waals surface area contributed by atoms with Gasteiger partial charge in [-0.15, -0.1) is 0 Å². The number of aromatic nitrogens is 1. The molecule has 0 radical (unpaired) electrons. The molecule has 0 saturated carbocycles. The number of hydrogen-bond acceptors (Lipinski definition) is 10. The monoisotopic (exact) mass is 656 g/mol. The molecule has 1 aliphatic heterocycles. The molecule has 1 aromatic heterocycles. The number of carbonyl (C=O) groups excluding carboxylic acids is 3. The second-order valence-corrected chi connectivity index (χ2v) is 11.9. The molecule has 1 saturated heterocycles. The Morgan fingerprint density at radius 2 is 1.72 bits per heavy atom. The van der Waals surface area contributed by atoms with E-state index < -0.39 is 23.7 Å². The predicted molar refractivity (Wildman–Crippen MR) is 178 cm³/mol. The lowest BCUT2D eigenvalue weighted by Gasteiger charge is -2.24. The number of aliphatic hydroxyl groups is 1. The van der Waals surface area contributed by atoms with Crippen molar-refractivity contribution in [1.82, 2.24) is 4.98 Å². The zero-order chi connectivity index (χ0) is 33.7. The Balaban J connectivity index is 1.56. The second kappa shape index (κ2) is 14.5. The number of aryl methyl sites for hydroxylation is 2. The summed E-state index contributed by atoms with van der Waals surface area (Å²) in [5.74, 6) is -1.32. The highest BCUT2D eigenvalue weighted by Gasteiger charge is 2.48. The summed E-state index contributed by atoms with van der Waals surface area (Å²) < 4.78 is 22.4. The van der Waals surface area contributed by atoms with E-state index in [1.165, 1.54) is 19.1 Å². The van der Waals surface area contributed by atoms with Gasteiger partial charge in [-0.25, -0.2) is 9.78 Å². The number of unbranched alkanes of at least 4 members (excludes halogenated alkanes) is 1. The summed E-state index contributed by atoms with van der Waals surface area (Å²) in [5, 5.41) is 11.8. The van der Waals surface area contributed by atoms with Crippen LogP contribution in [0.5, 0.6) is 17.2 Å². The molecule has 3 aromatic carbocycles. The zero-order valence-corrected chi connectivity index (χ0v) is 27.7. The molecular weight excluding hydrogens is 620 g/mol. The van der Waals surface area contributed by atoms with Crippen LogP contribution < -0.4 is 19.1 Å². The molecule has 0 bridgehead atoms. The first-order valence-corrected chi connectivity index (χ1v) is 15.9. The summed E-state index contributed by atoms with van der Waals surface area (Å²) in [4.78, 5) is 45.7. The first kappa shape index (κ1) is 33.2. The van der Waals surface area contributed by atoms with Crippen LogP contribution in [-0.2, 0) is 20.9 Å². The molecule has 4 aromatic rings. The van der Waals surface area contributed by atoms with Gasteiger partial charge in [0.25, 0.3) is 5.78 Å². The van der Waals surface area contributed by atoms with Crippen molar-refractivity contribution in [3.8, 4) is 17.2 Å². The van der Waals surface area contributed by atoms with E-state index in [4.69, 9.17) is 18.9 Å². The van der Waals surface area contributed by atoms with Crippen molar-refractivity contribution in [2.24, 2.45) is 0 Å². The number of amides is 1. The number of rotatable bonds is 12. The van der Waals surface area contributed by atoms with E-state index >= 15 is 0 Å². The van der Waals surface area contributed by atoms with E-state index in [1.807, 2.05) is 31.2 Å².